The van der Waals surface area contributed by atoms with Crippen molar-refractivity contribution < 1.29 is 24.0 Å². The number of nitrogens with one attached hydrogen (secondary N) is 1. The molecule has 4 aromatic rings. The maximum absolute atomic E-state index is 13.6. The third kappa shape index (κ3) is 3.98. The number of hydrogen-bond donors (Lipinski definition) is 2. The van der Waals surface area contributed by atoms with E-state index in [2.05, 4.69) is 5.32 Å². The van der Waals surface area contributed by atoms with Crippen LogP contribution in [0.15, 0.2) is 72.8 Å². The third-order valence-electron chi connectivity index (χ3n) is 5.25. The first kappa shape index (κ1) is 20.9. The number of nitrogens with zero attached hydrogens (tertiary/aromatic N) is 1. The zero-order chi connectivity index (χ0) is 22.8. The first-order valence-corrected chi connectivity index (χ1v) is 9.72. The molecule has 2 N–H and O–H groups in total. The van der Waals surface area contributed by atoms with Crippen molar-refractivity contribution in [1.82, 2.24) is 5.32 Å². The number of nitro groups is 1. The van der Waals surface area contributed by atoms with E-state index >= 15 is 0 Å². The fourth-order valence-electron chi connectivity index (χ4n) is 3.75. The minimum atomic E-state index is -1.37. The topological polar surface area (TPSA) is 110 Å². The average Bonchev–Trinajstić information content (AvgIpc) is 2.77. The molecule has 0 spiro atoms. The summed E-state index contributed by atoms with van der Waals surface area (Å²) in [5.41, 5.74) is -0.193. The first-order valence-electron chi connectivity index (χ1n) is 9.72. The lowest BCUT2D eigenvalue weighted by Gasteiger charge is -2.17. The second kappa shape index (κ2) is 8.43. The quantitative estimate of drug-likeness (QED) is 0.265. The molecule has 160 valence electrons. The summed E-state index contributed by atoms with van der Waals surface area (Å²) in [5, 5.41) is 26.2. The first-order chi connectivity index (χ1) is 15.3. The van der Waals surface area contributed by atoms with E-state index in [4.69, 9.17) is 0 Å². The zero-order valence-electron chi connectivity index (χ0n) is 16.6. The molecule has 0 heterocycles. The highest BCUT2D eigenvalue weighted by atomic mass is 19.1. The lowest BCUT2D eigenvalue weighted by Crippen LogP contribution is -2.42. The smallest absolute Gasteiger partial charge is 0.326 e. The van der Waals surface area contributed by atoms with Crippen LogP contribution in [-0.2, 0) is 11.2 Å². The fraction of sp³-hybridized carbons (Fsp3) is 0.0833. The number of carbonyl (C=O) groups excluding carboxylic acids is 1. The number of benzene rings is 4. The van der Waals surface area contributed by atoms with Gasteiger partial charge in [-0.1, -0.05) is 54.6 Å². The van der Waals surface area contributed by atoms with Gasteiger partial charge in [-0.25, -0.2) is 4.79 Å². The van der Waals surface area contributed by atoms with Gasteiger partial charge < -0.3 is 10.4 Å². The number of fused-ring (bicyclic) bond motifs is 2. The largest absolute Gasteiger partial charge is 0.480 e. The molecule has 0 aliphatic carbocycles. The van der Waals surface area contributed by atoms with Crippen LogP contribution in [0.5, 0.6) is 0 Å². The number of carboxylic acid groups (broad SMARTS) is 1. The Labute approximate surface area is 181 Å². The van der Waals surface area contributed by atoms with Crippen LogP contribution in [0.4, 0.5) is 10.1 Å². The molecule has 0 radical (unpaired) electrons. The van der Waals surface area contributed by atoms with Crippen LogP contribution < -0.4 is 5.32 Å². The molecule has 4 aromatic carbocycles. The van der Waals surface area contributed by atoms with Gasteiger partial charge in [0.05, 0.1) is 10.5 Å². The summed E-state index contributed by atoms with van der Waals surface area (Å²) in [6.07, 6.45) is -0.245. The van der Waals surface area contributed by atoms with Crippen LogP contribution in [-0.4, -0.2) is 27.9 Å². The van der Waals surface area contributed by atoms with Gasteiger partial charge in [-0.3, -0.25) is 14.9 Å². The van der Waals surface area contributed by atoms with Gasteiger partial charge in [0.1, 0.15) is 6.04 Å². The predicted molar refractivity (Wildman–Crippen MR) is 117 cm³/mol. The van der Waals surface area contributed by atoms with Crippen LogP contribution in [0.2, 0.25) is 0 Å². The summed E-state index contributed by atoms with van der Waals surface area (Å²) in [6.45, 7) is 0. The number of carboxylic acids is 1. The van der Waals surface area contributed by atoms with Crippen molar-refractivity contribution in [2.24, 2.45) is 0 Å². The van der Waals surface area contributed by atoms with Crippen LogP contribution in [0.25, 0.3) is 21.5 Å². The highest BCUT2D eigenvalue weighted by molar-refractivity contribution is 6.18. The molecule has 7 nitrogen and oxygen atoms in total. The molecule has 4 rings (SSSR count). The Morgan fingerprint density at radius 3 is 2.12 bits per heavy atom. The number of rotatable bonds is 6. The van der Waals surface area contributed by atoms with Crippen molar-refractivity contribution in [1.29, 1.82) is 0 Å². The Morgan fingerprint density at radius 2 is 1.56 bits per heavy atom. The van der Waals surface area contributed by atoms with Crippen molar-refractivity contribution in [2.75, 3.05) is 0 Å². The van der Waals surface area contributed by atoms with E-state index < -0.39 is 34.3 Å². The maximum Gasteiger partial charge on any atom is 0.326 e. The fourth-order valence-corrected chi connectivity index (χ4v) is 3.75. The summed E-state index contributed by atoms with van der Waals surface area (Å²) >= 11 is 0. The number of hydrogen-bond acceptors (Lipinski definition) is 4. The summed E-state index contributed by atoms with van der Waals surface area (Å²) in [6, 6.07) is 18.3. The van der Waals surface area contributed by atoms with Crippen LogP contribution in [0.3, 0.4) is 0 Å². The summed E-state index contributed by atoms with van der Waals surface area (Å²) < 4.78 is 13.6. The molecule has 0 aliphatic heterocycles. The monoisotopic (exact) mass is 432 g/mol. The van der Waals surface area contributed by atoms with E-state index in [0.29, 0.717) is 16.3 Å². The lowest BCUT2D eigenvalue weighted by molar-refractivity contribution is -0.387. The van der Waals surface area contributed by atoms with E-state index in [9.17, 15) is 29.2 Å². The average molecular weight is 432 g/mol. The minimum Gasteiger partial charge on any atom is -0.480 e. The molecule has 32 heavy (non-hydrogen) atoms. The van der Waals surface area contributed by atoms with Crippen molar-refractivity contribution in [2.45, 2.75) is 12.5 Å². The molecule has 1 amide bonds. The molecule has 0 bridgehead atoms. The molecule has 0 aromatic heterocycles. The molecule has 0 aliphatic rings. The molecule has 0 fully saturated rings. The van der Waals surface area contributed by atoms with Crippen LogP contribution in [0.1, 0.15) is 15.9 Å². The SMILES string of the molecule is O=C(N[C@H](Cc1ccc(F)c([N+](=O)[O-])c1)C(=O)O)c1c2ccccc2cc2ccccc12. The van der Waals surface area contributed by atoms with Gasteiger partial charge in [0.15, 0.2) is 0 Å². The molecule has 0 saturated heterocycles. The Bertz CT molecular complexity index is 1330. The normalized spacial score (nSPS) is 11.9. The van der Waals surface area contributed by atoms with Gasteiger partial charge in [-0.2, -0.15) is 4.39 Å². The number of halogens is 1. The number of nitro benzene ring substituents is 1. The second-order valence-electron chi connectivity index (χ2n) is 7.31. The van der Waals surface area contributed by atoms with Gasteiger partial charge in [-0.05, 0) is 39.2 Å². The maximum atomic E-state index is 13.6. The van der Waals surface area contributed by atoms with E-state index in [0.717, 1.165) is 22.9 Å². The Hall–Kier alpha value is -4.33. The molecule has 8 heteroatoms. The Balaban J connectivity index is 1.71. The summed E-state index contributed by atoms with van der Waals surface area (Å²) in [4.78, 5) is 35.2. The van der Waals surface area contributed by atoms with Gasteiger partial charge in [0.25, 0.3) is 5.91 Å². The van der Waals surface area contributed by atoms with Crippen molar-refractivity contribution in [3.63, 3.8) is 0 Å². The number of carbonyl (C=O) groups is 2. The van der Waals surface area contributed by atoms with Gasteiger partial charge >= 0.3 is 11.7 Å². The van der Waals surface area contributed by atoms with Gasteiger partial charge in [0.2, 0.25) is 5.82 Å². The molecule has 0 saturated carbocycles. The number of amides is 1. The Morgan fingerprint density at radius 1 is 0.969 bits per heavy atom. The van der Waals surface area contributed by atoms with Gasteiger partial charge in [-0.15, -0.1) is 0 Å². The van der Waals surface area contributed by atoms with Crippen LogP contribution in [0, 0.1) is 15.9 Å². The second-order valence-corrected chi connectivity index (χ2v) is 7.31. The standard InChI is InChI=1S/C24H17FN2O5/c25-19-10-9-14(12-21(19)27(31)32)11-20(24(29)30)26-23(28)22-17-7-3-1-5-15(17)13-16-6-2-4-8-18(16)22/h1-10,12-13,20H,11H2,(H,26,28)(H,29,30)/t20-/m1/s1. The van der Waals surface area contributed by atoms with E-state index in [1.165, 1.54) is 6.07 Å². The molecular weight excluding hydrogens is 415 g/mol. The van der Waals surface area contributed by atoms with Crippen LogP contribution >= 0.6 is 0 Å². The molecular formula is C24H17FN2O5. The highest BCUT2D eigenvalue weighted by Gasteiger charge is 2.25. The predicted octanol–water partition coefficient (Wildman–Crippen LogP) is 4.47. The van der Waals surface area contributed by atoms with E-state index in [1.54, 1.807) is 24.3 Å². The molecule has 0 unspecified atom stereocenters. The van der Waals surface area contributed by atoms with E-state index in [-0.39, 0.29) is 12.0 Å². The lowest BCUT2D eigenvalue weighted by atomic mass is 9.95. The van der Waals surface area contributed by atoms with Crippen molar-refractivity contribution in [3.05, 3.63) is 99.9 Å². The van der Waals surface area contributed by atoms with Crippen molar-refractivity contribution in [3.8, 4) is 0 Å². The Kier molecular flexibility index (Phi) is 5.51. The zero-order valence-corrected chi connectivity index (χ0v) is 16.6. The number of aliphatic carboxylic acids is 1. The summed E-state index contributed by atoms with van der Waals surface area (Å²) in [7, 11) is 0. The minimum absolute atomic E-state index is 0.216. The summed E-state index contributed by atoms with van der Waals surface area (Å²) in [5.74, 6) is -2.91. The van der Waals surface area contributed by atoms with Crippen molar-refractivity contribution >= 4 is 39.1 Å². The highest BCUT2D eigenvalue weighted by Crippen LogP contribution is 2.28. The third-order valence-corrected chi connectivity index (χ3v) is 5.25. The van der Waals surface area contributed by atoms with E-state index in [1.807, 2.05) is 30.3 Å². The van der Waals surface area contributed by atoms with Gasteiger partial charge in [0, 0.05) is 12.5 Å². The molecule has 1 atom stereocenters.